The minimum absolute atomic E-state index is 0.0264. The maximum absolute atomic E-state index is 5.92. The summed E-state index contributed by atoms with van der Waals surface area (Å²) in [5.74, 6) is 0.850. The second kappa shape index (κ2) is 5.67. The predicted molar refractivity (Wildman–Crippen MR) is 75.4 cm³/mol. The van der Waals surface area contributed by atoms with Gasteiger partial charge in [-0.05, 0) is 30.5 Å². The fourth-order valence-electron chi connectivity index (χ4n) is 1.55. The molecule has 0 aliphatic heterocycles. The molecular formula is C13H14BrNOS. The Labute approximate surface area is 114 Å². The Kier molecular flexibility index (Phi) is 4.20. The summed E-state index contributed by atoms with van der Waals surface area (Å²) in [7, 11) is 0. The van der Waals surface area contributed by atoms with Crippen molar-refractivity contribution in [3.63, 3.8) is 0 Å². The molecule has 4 heteroatoms. The summed E-state index contributed by atoms with van der Waals surface area (Å²) in [6.45, 7) is 2.55. The Hall–Kier alpha value is -0.840. The van der Waals surface area contributed by atoms with Crippen LogP contribution in [0.4, 0.5) is 0 Å². The van der Waals surface area contributed by atoms with E-state index in [2.05, 4.69) is 22.0 Å². The van der Waals surface area contributed by atoms with Crippen LogP contribution < -0.4 is 10.5 Å². The van der Waals surface area contributed by atoms with Crippen LogP contribution in [0.15, 0.2) is 40.2 Å². The van der Waals surface area contributed by atoms with E-state index in [1.807, 2.05) is 36.6 Å². The Morgan fingerprint density at radius 2 is 2.24 bits per heavy atom. The van der Waals surface area contributed by atoms with Gasteiger partial charge in [0.2, 0.25) is 0 Å². The third-order valence-electron chi connectivity index (χ3n) is 2.42. The van der Waals surface area contributed by atoms with Crippen LogP contribution in [-0.2, 0) is 6.61 Å². The van der Waals surface area contributed by atoms with Crippen LogP contribution in [0, 0.1) is 0 Å². The fourth-order valence-corrected chi connectivity index (χ4v) is 2.51. The summed E-state index contributed by atoms with van der Waals surface area (Å²) >= 11 is 5.14. The van der Waals surface area contributed by atoms with Gasteiger partial charge in [0.25, 0.3) is 0 Å². The van der Waals surface area contributed by atoms with Gasteiger partial charge in [-0.3, -0.25) is 0 Å². The zero-order valence-corrected chi connectivity index (χ0v) is 11.9. The molecule has 0 aliphatic carbocycles. The molecule has 0 aliphatic rings. The molecule has 0 saturated carbocycles. The van der Waals surface area contributed by atoms with Gasteiger partial charge >= 0.3 is 0 Å². The van der Waals surface area contributed by atoms with Crippen LogP contribution in [0.3, 0.4) is 0 Å². The molecule has 0 spiro atoms. The van der Waals surface area contributed by atoms with E-state index in [0.717, 1.165) is 15.8 Å². The third-order valence-corrected chi connectivity index (χ3v) is 3.76. The van der Waals surface area contributed by atoms with Crippen molar-refractivity contribution in [2.24, 2.45) is 5.73 Å². The van der Waals surface area contributed by atoms with Crippen LogP contribution >= 0.6 is 27.3 Å². The summed E-state index contributed by atoms with van der Waals surface area (Å²) in [4.78, 5) is 1.21. The van der Waals surface area contributed by atoms with Crippen LogP contribution in [0.5, 0.6) is 5.75 Å². The lowest BCUT2D eigenvalue weighted by Crippen LogP contribution is -2.07. The summed E-state index contributed by atoms with van der Waals surface area (Å²) < 4.78 is 6.83. The van der Waals surface area contributed by atoms with Crippen molar-refractivity contribution in [3.8, 4) is 5.75 Å². The first-order chi connectivity index (χ1) is 8.16. The molecule has 1 atom stereocenters. The van der Waals surface area contributed by atoms with Gasteiger partial charge in [0.1, 0.15) is 12.4 Å². The Morgan fingerprint density at radius 3 is 2.88 bits per heavy atom. The predicted octanol–water partition coefficient (Wildman–Crippen LogP) is 4.11. The average Bonchev–Trinajstić information content (AvgIpc) is 2.78. The normalized spacial score (nSPS) is 12.4. The fraction of sp³-hybridized carbons (Fsp3) is 0.231. The van der Waals surface area contributed by atoms with Crippen LogP contribution in [0.1, 0.15) is 23.4 Å². The molecule has 2 nitrogen and oxygen atoms in total. The average molecular weight is 312 g/mol. The van der Waals surface area contributed by atoms with Gasteiger partial charge < -0.3 is 10.5 Å². The van der Waals surface area contributed by atoms with Crippen molar-refractivity contribution in [3.05, 3.63) is 50.6 Å². The van der Waals surface area contributed by atoms with Crippen LogP contribution in [0.2, 0.25) is 0 Å². The molecule has 1 aromatic carbocycles. The zero-order chi connectivity index (χ0) is 12.3. The summed E-state index contributed by atoms with van der Waals surface area (Å²) in [5.41, 5.74) is 6.95. The molecule has 17 heavy (non-hydrogen) atoms. The van der Waals surface area contributed by atoms with Crippen molar-refractivity contribution >= 4 is 27.3 Å². The highest BCUT2D eigenvalue weighted by atomic mass is 79.9. The van der Waals surface area contributed by atoms with Crippen LogP contribution in [-0.4, -0.2) is 0 Å². The van der Waals surface area contributed by atoms with Gasteiger partial charge in [-0.15, -0.1) is 11.3 Å². The van der Waals surface area contributed by atoms with Gasteiger partial charge in [-0.2, -0.15) is 0 Å². The van der Waals surface area contributed by atoms with E-state index in [-0.39, 0.29) is 6.04 Å². The van der Waals surface area contributed by atoms with Crippen molar-refractivity contribution in [1.29, 1.82) is 0 Å². The van der Waals surface area contributed by atoms with Gasteiger partial charge in [-0.25, -0.2) is 0 Å². The molecule has 0 fully saturated rings. The Morgan fingerprint density at radius 1 is 1.41 bits per heavy atom. The number of ether oxygens (including phenoxy) is 1. The molecule has 0 amide bonds. The molecular weight excluding hydrogens is 298 g/mol. The first-order valence-corrected chi connectivity index (χ1v) is 7.04. The summed E-state index contributed by atoms with van der Waals surface area (Å²) in [6, 6.07) is 10.0. The SMILES string of the molecule is C[C@H](N)c1ccc(Br)cc1OCc1cccs1. The number of hydrogen-bond acceptors (Lipinski definition) is 3. The highest BCUT2D eigenvalue weighted by molar-refractivity contribution is 9.10. The third kappa shape index (κ3) is 3.31. The Balaban J connectivity index is 2.16. The lowest BCUT2D eigenvalue weighted by atomic mass is 10.1. The molecule has 0 bridgehead atoms. The number of nitrogens with two attached hydrogens (primary N) is 1. The maximum Gasteiger partial charge on any atom is 0.125 e. The van der Waals surface area contributed by atoms with E-state index in [9.17, 15) is 0 Å². The lowest BCUT2D eigenvalue weighted by molar-refractivity contribution is 0.305. The van der Waals surface area contributed by atoms with E-state index < -0.39 is 0 Å². The van der Waals surface area contributed by atoms with E-state index in [1.165, 1.54) is 4.88 Å². The van der Waals surface area contributed by atoms with Crippen molar-refractivity contribution in [2.45, 2.75) is 19.6 Å². The lowest BCUT2D eigenvalue weighted by Gasteiger charge is -2.13. The van der Waals surface area contributed by atoms with Crippen molar-refractivity contribution in [2.75, 3.05) is 0 Å². The second-order valence-corrected chi connectivity index (χ2v) is 5.79. The first kappa shape index (κ1) is 12.6. The monoisotopic (exact) mass is 311 g/mol. The molecule has 90 valence electrons. The van der Waals surface area contributed by atoms with Gasteiger partial charge in [0.05, 0.1) is 0 Å². The number of benzene rings is 1. The van der Waals surface area contributed by atoms with Gasteiger partial charge in [0, 0.05) is 21.0 Å². The molecule has 1 heterocycles. The molecule has 0 unspecified atom stereocenters. The van der Waals surface area contributed by atoms with Gasteiger partial charge in [0.15, 0.2) is 0 Å². The number of rotatable bonds is 4. The second-order valence-electron chi connectivity index (χ2n) is 3.84. The minimum atomic E-state index is -0.0264. The maximum atomic E-state index is 5.92. The number of hydrogen-bond donors (Lipinski definition) is 1. The van der Waals surface area contributed by atoms with E-state index in [1.54, 1.807) is 11.3 Å². The highest BCUT2D eigenvalue weighted by Crippen LogP contribution is 2.28. The molecule has 2 N–H and O–H groups in total. The zero-order valence-electron chi connectivity index (χ0n) is 9.52. The Bertz CT molecular complexity index is 482. The summed E-state index contributed by atoms with van der Waals surface area (Å²) in [5, 5.41) is 2.05. The van der Waals surface area contributed by atoms with Gasteiger partial charge in [-0.1, -0.05) is 28.1 Å². The first-order valence-electron chi connectivity index (χ1n) is 5.37. The smallest absolute Gasteiger partial charge is 0.125 e. The minimum Gasteiger partial charge on any atom is -0.488 e. The summed E-state index contributed by atoms with van der Waals surface area (Å²) in [6.07, 6.45) is 0. The van der Waals surface area contributed by atoms with Crippen LogP contribution in [0.25, 0.3) is 0 Å². The number of halogens is 1. The van der Waals surface area contributed by atoms with Crippen molar-refractivity contribution < 1.29 is 4.74 Å². The molecule has 2 aromatic rings. The molecule has 0 saturated heterocycles. The number of thiophene rings is 1. The molecule has 1 aromatic heterocycles. The molecule has 0 radical (unpaired) electrons. The van der Waals surface area contributed by atoms with Crippen molar-refractivity contribution in [1.82, 2.24) is 0 Å². The largest absolute Gasteiger partial charge is 0.488 e. The van der Waals surface area contributed by atoms with E-state index >= 15 is 0 Å². The van der Waals surface area contributed by atoms with E-state index in [4.69, 9.17) is 10.5 Å². The highest BCUT2D eigenvalue weighted by Gasteiger charge is 2.09. The molecule has 2 rings (SSSR count). The quantitative estimate of drug-likeness (QED) is 0.922. The standard InChI is InChI=1S/C13H14BrNOS/c1-9(15)12-5-4-10(14)7-13(12)16-8-11-3-2-6-17-11/h2-7,9H,8,15H2,1H3/t9-/m0/s1. The topological polar surface area (TPSA) is 35.2 Å². The van der Waals surface area contributed by atoms with E-state index in [0.29, 0.717) is 6.61 Å².